The number of hydrogen-bond donors (Lipinski definition) is 2. The molecule has 2 bridgehead atoms. The summed E-state index contributed by atoms with van der Waals surface area (Å²) in [6, 6.07) is 12.1. The Labute approximate surface area is 131 Å². The van der Waals surface area contributed by atoms with Gasteiger partial charge in [0.15, 0.2) is 6.10 Å². The van der Waals surface area contributed by atoms with Crippen molar-refractivity contribution < 1.29 is 24.5 Å². The summed E-state index contributed by atoms with van der Waals surface area (Å²) in [6.07, 6.45) is 1.30. The van der Waals surface area contributed by atoms with Crippen LogP contribution in [0.25, 0.3) is 5.57 Å². The molecule has 0 radical (unpaired) electrons. The number of aliphatic hydroxyl groups excluding tert-OH is 1. The molecule has 0 amide bonds. The second-order valence-corrected chi connectivity index (χ2v) is 5.42. The zero-order chi connectivity index (χ0) is 16.0. The summed E-state index contributed by atoms with van der Waals surface area (Å²) in [7, 11) is 0. The maximum Gasteiger partial charge on any atom is 0.372 e. The zero-order valence-corrected chi connectivity index (χ0v) is 11.9. The monoisotopic (exact) mass is 311 g/mol. The van der Waals surface area contributed by atoms with Crippen molar-refractivity contribution in [2.45, 2.75) is 18.0 Å². The van der Waals surface area contributed by atoms with Gasteiger partial charge in [0.05, 0.1) is 5.57 Å². The molecule has 0 aliphatic carbocycles. The standard InChI is InChI=1S/C17H13NO5/c19-13-12(10-5-2-1-3-6-10)17(21)16(20)22-15(13)14(23-17)11-7-4-8-18-9-11/h1-9,14-15,19,21H. The molecule has 3 aliphatic rings. The van der Waals surface area contributed by atoms with Crippen LogP contribution in [-0.2, 0) is 14.3 Å². The molecule has 116 valence electrons. The number of ether oxygens (including phenoxy) is 2. The van der Waals surface area contributed by atoms with E-state index in [-0.39, 0.29) is 11.3 Å². The van der Waals surface area contributed by atoms with Gasteiger partial charge in [-0.2, -0.15) is 0 Å². The second kappa shape index (κ2) is 4.91. The van der Waals surface area contributed by atoms with Crippen molar-refractivity contribution >= 4 is 11.5 Å². The number of esters is 1. The van der Waals surface area contributed by atoms with Gasteiger partial charge in [0, 0.05) is 18.0 Å². The van der Waals surface area contributed by atoms with Gasteiger partial charge in [-0.15, -0.1) is 0 Å². The van der Waals surface area contributed by atoms with Gasteiger partial charge in [0.1, 0.15) is 11.9 Å². The Morgan fingerprint density at radius 2 is 1.87 bits per heavy atom. The predicted octanol–water partition coefficient (Wildman–Crippen LogP) is 1.74. The van der Waals surface area contributed by atoms with E-state index in [9.17, 15) is 15.0 Å². The van der Waals surface area contributed by atoms with Crippen molar-refractivity contribution in [2.24, 2.45) is 0 Å². The molecule has 2 N–H and O–H groups in total. The van der Waals surface area contributed by atoms with Crippen LogP contribution in [0.1, 0.15) is 17.2 Å². The van der Waals surface area contributed by atoms with Gasteiger partial charge in [0.25, 0.3) is 5.79 Å². The van der Waals surface area contributed by atoms with E-state index in [1.54, 1.807) is 48.7 Å². The highest BCUT2D eigenvalue weighted by Crippen LogP contribution is 2.49. The predicted molar refractivity (Wildman–Crippen MR) is 78.9 cm³/mol. The number of hydrogen-bond acceptors (Lipinski definition) is 6. The first-order valence-electron chi connectivity index (χ1n) is 7.11. The van der Waals surface area contributed by atoms with Crippen molar-refractivity contribution in [1.82, 2.24) is 4.98 Å². The van der Waals surface area contributed by atoms with Crippen LogP contribution in [0, 0.1) is 0 Å². The molecule has 3 atom stereocenters. The molecule has 0 saturated carbocycles. The SMILES string of the molecule is O=C1OC2C(O)=C(c3ccccc3)C1(O)OC2c1cccnc1. The smallest absolute Gasteiger partial charge is 0.372 e. The highest BCUT2D eigenvalue weighted by atomic mass is 16.7. The van der Waals surface area contributed by atoms with E-state index >= 15 is 0 Å². The van der Waals surface area contributed by atoms with Gasteiger partial charge < -0.3 is 19.7 Å². The van der Waals surface area contributed by atoms with Crippen LogP contribution in [0.3, 0.4) is 0 Å². The van der Waals surface area contributed by atoms with Gasteiger partial charge >= 0.3 is 5.97 Å². The van der Waals surface area contributed by atoms with Crippen molar-refractivity contribution in [1.29, 1.82) is 0 Å². The summed E-state index contributed by atoms with van der Waals surface area (Å²) < 4.78 is 10.8. The third-order valence-corrected chi connectivity index (χ3v) is 4.02. The van der Waals surface area contributed by atoms with Crippen LogP contribution < -0.4 is 0 Å². The summed E-state index contributed by atoms with van der Waals surface area (Å²) in [5, 5.41) is 21.3. The van der Waals surface area contributed by atoms with Gasteiger partial charge in [0.2, 0.25) is 0 Å². The highest BCUT2D eigenvalue weighted by Gasteiger charge is 2.60. The molecular weight excluding hydrogens is 298 g/mol. The molecule has 6 heteroatoms. The molecule has 3 aliphatic heterocycles. The summed E-state index contributed by atoms with van der Waals surface area (Å²) in [4.78, 5) is 16.1. The molecule has 0 spiro atoms. The van der Waals surface area contributed by atoms with Crippen molar-refractivity contribution in [3.8, 4) is 0 Å². The normalized spacial score (nSPS) is 29.5. The summed E-state index contributed by atoms with van der Waals surface area (Å²) in [5.41, 5.74) is 1.13. The topological polar surface area (TPSA) is 88.9 Å². The summed E-state index contributed by atoms with van der Waals surface area (Å²) in [5.74, 6) is -3.49. The third-order valence-electron chi connectivity index (χ3n) is 4.02. The Kier molecular flexibility index (Phi) is 2.97. The van der Waals surface area contributed by atoms with Crippen molar-refractivity contribution in [3.05, 3.63) is 71.7 Å². The number of aliphatic hydroxyl groups is 2. The first kappa shape index (κ1) is 13.9. The van der Waals surface area contributed by atoms with Gasteiger partial charge in [-0.05, 0) is 11.6 Å². The van der Waals surface area contributed by atoms with Crippen LogP contribution in [0.4, 0.5) is 0 Å². The fraction of sp³-hybridized carbons (Fsp3) is 0.176. The van der Waals surface area contributed by atoms with E-state index in [4.69, 9.17) is 9.47 Å². The number of fused-ring (bicyclic) bond motifs is 2. The third kappa shape index (κ3) is 1.96. The van der Waals surface area contributed by atoms with Crippen molar-refractivity contribution in [3.63, 3.8) is 0 Å². The molecule has 6 nitrogen and oxygen atoms in total. The van der Waals surface area contributed by atoms with Crippen molar-refractivity contribution in [2.75, 3.05) is 0 Å². The molecule has 1 aromatic carbocycles. The Bertz CT molecular complexity index is 789. The maximum absolute atomic E-state index is 12.1. The maximum atomic E-state index is 12.1. The molecule has 5 rings (SSSR count). The number of nitrogens with zero attached hydrogens (tertiary/aromatic N) is 1. The zero-order valence-electron chi connectivity index (χ0n) is 11.9. The van der Waals surface area contributed by atoms with Gasteiger partial charge in [-0.25, -0.2) is 4.79 Å². The average Bonchev–Trinajstić information content (AvgIpc) is 2.58. The minimum Gasteiger partial charge on any atom is -0.508 e. The first-order chi connectivity index (χ1) is 11.1. The lowest BCUT2D eigenvalue weighted by atomic mass is 9.86. The minimum atomic E-state index is -2.35. The average molecular weight is 311 g/mol. The quantitative estimate of drug-likeness (QED) is 0.821. The first-order valence-corrected chi connectivity index (χ1v) is 7.11. The van der Waals surface area contributed by atoms with Crippen LogP contribution in [0.15, 0.2) is 60.6 Å². The Morgan fingerprint density at radius 1 is 1.09 bits per heavy atom. The van der Waals surface area contributed by atoms with E-state index in [0.717, 1.165) is 0 Å². The Balaban J connectivity index is 1.86. The van der Waals surface area contributed by atoms with E-state index in [2.05, 4.69) is 4.98 Å². The molecule has 1 aromatic heterocycles. The highest BCUT2D eigenvalue weighted by molar-refractivity contribution is 5.98. The summed E-state index contributed by atoms with van der Waals surface area (Å²) >= 11 is 0. The lowest BCUT2D eigenvalue weighted by Gasteiger charge is -2.46. The van der Waals surface area contributed by atoms with E-state index in [1.165, 1.54) is 6.20 Å². The molecule has 23 heavy (non-hydrogen) atoms. The lowest BCUT2D eigenvalue weighted by Crippen LogP contribution is -2.58. The number of rotatable bonds is 2. The van der Waals surface area contributed by atoms with Crippen LogP contribution in [-0.4, -0.2) is 33.1 Å². The number of benzene rings is 1. The van der Waals surface area contributed by atoms with Gasteiger partial charge in [-0.3, -0.25) is 4.98 Å². The largest absolute Gasteiger partial charge is 0.508 e. The van der Waals surface area contributed by atoms with E-state index in [0.29, 0.717) is 11.1 Å². The van der Waals surface area contributed by atoms with Crippen LogP contribution in [0.5, 0.6) is 0 Å². The second-order valence-electron chi connectivity index (χ2n) is 5.42. The lowest BCUT2D eigenvalue weighted by molar-refractivity contribution is -0.275. The van der Waals surface area contributed by atoms with Crippen LogP contribution in [0.2, 0.25) is 0 Å². The number of pyridine rings is 1. The fourth-order valence-electron chi connectivity index (χ4n) is 2.96. The van der Waals surface area contributed by atoms with Gasteiger partial charge in [-0.1, -0.05) is 36.4 Å². The molecule has 2 aromatic rings. The number of carbonyl (C=O) groups is 1. The van der Waals surface area contributed by atoms with Crippen LogP contribution >= 0.6 is 0 Å². The molecule has 4 heterocycles. The fourth-order valence-corrected chi connectivity index (χ4v) is 2.96. The van der Waals surface area contributed by atoms with E-state index in [1.807, 2.05) is 0 Å². The van der Waals surface area contributed by atoms with E-state index < -0.39 is 24.0 Å². The molecule has 3 unspecified atom stereocenters. The molecule has 1 saturated heterocycles. The number of carbonyl (C=O) groups excluding carboxylic acids is 1. The summed E-state index contributed by atoms with van der Waals surface area (Å²) in [6.45, 7) is 0. The Hall–Kier alpha value is -2.70. The molecular formula is C17H13NO5. The molecule has 1 fully saturated rings. The number of aromatic nitrogens is 1. The Morgan fingerprint density at radius 3 is 2.57 bits per heavy atom. The minimum absolute atomic E-state index is 0.0273.